The Morgan fingerprint density at radius 3 is 2.68 bits per heavy atom. The van der Waals surface area contributed by atoms with Crippen LogP contribution in [0.25, 0.3) is 0 Å². The van der Waals surface area contributed by atoms with Crippen LogP contribution in [0.1, 0.15) is 6.42 Å². The maximum absolute atomic E-state index is 14.7. The van der Waals surface area contributed by atoms with Crippen LogP contribution in [0.5, 0.6) is 0 Å². The standard InChI is InChI=1S/C18H16F2N4O4/c19-16-13(23-6-3-11(25)4-7-23)1-2-14(17(16)20)24-10-12(28-18(24)26)9-21-15-5-8-27-22-15/h1-3,5-6,8,12H,4,7,9-10H2,(H,21,22). The maximum Gasteiger partial charge on any atom is 0.414 e. The van der Waals surface area contributed by atoms with Crippen LogP contribution in [0.3, 0.4) is 0 Å². The third kappa shape index (κ3) is 3.40. The number of carbonyl (C=O) groups excluding carboxylic acids is 2. The van der Waals surface area contributed by atoms with Gasteiger partial charge in [0.1, 0.15) is 12.4 Å². The van der Waals surface area contributed by atoms with E-state index in [1.54, 1.807) is 6.07 Å². The molecule has 1 N–H and O–H groups in total. The topological polar surface area (TPSA) is 87.9 Å². The molecule has 1 aromatic carbocycles. The highest BCUT2D eigenvalue weighted by atomic mass is 19.2. The summed E-state index contributed by atoms with van der Waals surface area (Å²) in [5.74, 6) is -1.83. The molecule has 1 fully saturated rings. The summed E-state index contributed by atoms with van der Waals surface area (Å²) in [4.78, 5) is 25.9. The molecule has 1 atom stereocenters. The minimum Gasteiger partial charge on any atom is -0.442 e. The number of aromatic nitrogens is 1. The molecule has 1 unspecified atom stereocenters. The minimum absolute atomic E-state index is 0.00168. The molecule has 0 bridgehead atoms. The van der Waals surface area contributed by atoms with Crippen molar-refractivity contribution in [3.63, 3.8) is 0 Å². The molecule has 1 saturated heterocycles. The molecule has 0 radical (unpaired) electrons. The van der Waals surface area contributed by atoms with Crippen molar-refractivity contribution in [1.29, 1.82) is 0 Å². The minimum atomic E-state index is -1.15. The lowest BCUT2D eigenvalue weighted by Crippen LogP contribution is -2.29. The fraction of sp³-hybridized carbons (Fsp3) is 0.278. The van der Waals surface area contributed by atoms with Crippen LogP contribution in [-0.2, 0) is 9.53 Å². The first kappa shape index (κ1) is 18.0. The second-order valence-electron chi connectivity index (χ2n) is 6.34. The third-order valence-corrected chi connectivity index (χ3v) is 4.50. The molecule has 0 saturated carbocycles. The molecule has 2 aliphatic rings. The highest BCUT2D eigenvalue weighted by molar-refractivity contribution is 5.92. The van der Waals surface area contributed by atoms with Crippen LogP contribution in [0.2, 0.25) is 0 Å². The van der Waals surface area contributed by atoms with Crippen LogP contribution < -0.4 is 15.1 Å². The van der Waals surface area contributed by atoms with E-state index >= 15 is 0 Å². The molecule has 4 rings (SSSR count). The SMILES string of the molecule is O=C1C=CN(c2ccc(N3CC(CNc4ccon4)OC3=O)c(F)c2F)CC1. The zero-order valence-electron chi connectivity index (χ0n) is 14.6. The molecular formula is C18H16F2N4O4. The number of rotatable bonds is 5. The van der Waals surface area contributed by atoms with Gasteiger partial charge >= 0.3 is 6.09 Å². The van der Waals surface area contributed by atoms with Crippen molar-refractivity contribution in [1.82, 2.24) is 5.16 Å². The summed E-state index contributed by atoms with van der Waals surface area (Å²) in [5, 5.41) is 6.60. The maximum atomic E-state index is 14.7. The molecule has 1 amide bonds. The summed E-state index contributed by atoms with van der Waals surface area (Å²) in [7, 11) is 0. The van der Waals surface area contributed by atoms with E-state index in [1.807, 2.05) is 0 Å². The fourth-order valence-corrected chi connectivity index (χ4v) is 3.07. The van der Waals surface area contributed by atoms with Gasteiger partial charge in [-0.2, -0.15) is 0 Å². The lowest BCUT2D eigenvalue weighted by atomic mass is 10.1. The van der Waals surface area contributed by atoms with Crippen molar-refractivity contribution < 1.29 is 27.6 Å². The zero-order chi connectivity index (χ0) is 19.7. The molecule has 1 aromatic heterocycles. The van der Waals surface area contributed by atoms with Gasteiger partial charge in [-0.25, -0.2) is 13.6 Å². The molecule has 28 heavy (non-hydrogen) atoms. The summed E-state index contributed by atoms with van der Waals surface area (Å²) in [6, 6.07) is 4.31. The second kappa shape index (κ2) is 7.29. The molecular weight excluding hydrogens is 374 g/mol. The van der Waals surface area contributed by atoms with Gasteiger partial charge in [0.2, 0.25) is 0 Å². The Kier molecular flexibility index (Phi) is 4.68. The van der Waals surface area contributed by atoms with Crippen molar-refractivity contribution in [3.05, 3.63) is 48.4 Å². The molecule has 2 aliphatic heterocycles. The van der Waals surface area contributed by atoms with Gasteiger partial charge < -0.3 is 19.5 Å². The van der Waals surface area contributed by atoms with E-state index in [4.69, 9.17) is 4.74 Å². The highest BCUT2D eigenvalue weighted by Crippen LogP contribution is 2.32. The number of benzene rings is 1. The number of allylic oxidation sites excluding steroid dienone is 1. The Morgan fingerprint density at radius 2 is 1.96 bits per heavy atom. The predicted octanol–water partition coefficient (Wildman–Crippen LogP) is 2.68. The van der Waals surface area contributed by atoms with Crippen LogP contribution in [0.15, 0.2) is 41.3 Å². The molecule has 0 spiro atoms. The molecule has 10 heteroatoms. The van der Waals surface area contributed by atoms with Crippen LogP contribution in [0.4, 0.5) is 30.8 Å². The number of anilines is 3. The summed E-state index contributed by atoms with van der Waals surface area (Å²) in [6.07, 6.45) is 3.02. The number of ether oxygens (including phenoxy) is 1. The Labute approximate surface area is 158 Å². The van der Waals surface area contributed by atoms with Gasteiger partial charge in [-0.1, -0.05) is 5.16 Å². The number of cyclic esters (lactones) is 1. The first-order chi connectivity index (χ1) is 13.5. The van der Waals surface area contributed by atoms with Crippen LogP contribution >= 0.6 is 0 Å². The van der Waals surface area contributed by atoms with Crippen LogP contribution in [0, 0.1) is 11.6 Å². The summed E-state index contributed by atoms with van der Waals surface area (Å²) >= 11 is 0. The van der Waals surface area contributed by atoms with E-state index < -0.39 is 23.8 Å². The molecule has 8 nitrogen and oxygen atoms in total. The first-order valence-electron chi connectivity index (χ1n) is 8.61. The number of halogens is 2. The summed E-state index contributed by atoms with van der Waals surface area (Å²) in [5.41, 5.74) is -0.200. The van der Waals surface area contributed by atoms with E-state index in [-0.39, 0.29) is 43.2 Å². The largest absolute Gasteiger partial charge is 0.442 e. The quantitative estimate of drug-likeness (QED) is 0.840. The van der Waals surface area contributed by atoms with Gasteiger partial charge in [-0.3, -0.25) is 9.69 Å². The summed E-state index contributed by atoms with van der Waals surface area (Å²) < 4.78 is 39.2. The first-order valence-corrected chi connectivity index (χ1v) is 8.61. The Bertz CT molecular complexity index is 932. The predicted molar refractivity (Wildman–Crippen MR) is 95.1 cm³/mol. The van der Waals surface area contributed by atoms with E-state index in [0.29, 0.717) is 5.82 Å². The number of nitrogens with zero attached hydrogens (tertiary/aromatic N) is 3. The van der Waals surface area contributed by atoms with Crippen molar-refractivity contribution in [3.8, 4) is 0 Å². The second-order valence-corrected chi connectivity index (χ2v) is 6.34. The highest BCUT2D eigenvalue weighted by Gasteiger charge is 2.35. The average Bonchev–Trinajstić information content (AvgIpc) is 3.33. The van der Waals surface area contributed by atoms with Crippen molar-refractivity contribution in [2.45, 2.75) is 12.5 Å². The van der Waals surface area contributed by atoms with Gasteiger partial charge in [0, 0.05) is 25.2 Å². The smallest absolute Gasteiger partial charge is 0.414 e. The molecule has 146 valence electrons. The average molecular weight is 390 g/mol. The van der Waals surface area contributed by atoms with Gasteiger partial charge in [0.05, 0.1) is 24.5 Å². The van der Waals surface area contributed by atoms with Crippen molar-refractivity contribution in [2.75, 3.05) is 34.8 Å². The normalized spacial score (nSPS) is 19.3. The zero-order valence-corrected chi connectivity index (χ0v) is 14.6. The van der Waals surface area contributed by atoms with E-state index in [0.717, 1.165) is 4.90 Å². The monoisotopic (exact) mass is 390 g/mol. The van der Waals surface area contributed by atoms with E-state index in [2.05, 4.69) is 15.0 Å². The van der Waals surface area contributed by atoms with Crippen molar-refractivity contribution >= 4 is 29.1 Å². The lowest BCUT2D eigenvalue weighted by molar-refractivity contribution is -0.114. The Morgan fingerprint density at radius 1 is 1.18 bits per heavy atom. The number of hydrogen-bond donors (Lipinski definition) is 1. The van der Waals surface area contributed by atoms with Crippen molar-refractivity contribution in [2.24, 2.45) is 0 Å². The summed E-state index contributed by atoms with van der Waals surface area (Å²) in [6.45, 7) is 0.549. The number of hydrogen-bond acceptors (Lipinski definition) is 7. The van der Waals surface area contributed by atoms with Gasteiger partial charge in [0.25, 0.3) is 0 Å². The van der Waals surface area contributed by atoms with Gasteiger partial charge in [0.15, 0.2) is 23.2 Å². The Hall–Kier alpha value is -3.43. The molecule has 0 aliphatic carbocycles. The number of ketones is 1. The lowest BCUT2D eigenvalue weighted by Gasteiger charge is -2.24. The molecule has 2 aromatic rings. The van der Waals surface area contributed by atoms with Gasteiger partial charge in [-0.15, -0.1) is 0 Å². The van der Waals surface area contributed by atoms with Gasteiger partial charge in [-0.05, 0) is 18.2 Å². The fourth-order valence-electron chi connectivity index (χ4n) is 3.07. The van der Waals surface area contributed by atoms with Crippen LogP contribution in [-0.4, -0.2) is 42.8 Å². The number of carbonyl (C=O) groups is 2. The number of nitrogens with one attached hydrogen (secondary N) is 1. The third-order valence-electron chi connectivity index (χ3n) is 4.50. The molecule has 3 heterocycles. The number of amides is 1. The Balaban J connectivity index is 1.49. The van der Waals surface area contributed by atoms with E-state index in [9.17, 15) is 18.4 Å². The van der Waals surface area contributed by atoms with E-state index in [1.165, 1.54) is 35.6 Å².